The number of hydrogen-bond donors (Lipinski definition) is 2. The summed E-state index contributed by atoms with van der Waals surface area (Å²) in [4.78, 5) is 64.3. The van der Waals surface area contributed by atoms with Gasteiger partial charge in [-0.05, 0) is 165 Å². The standard InChI is InChI=1S/C79H82N4O6S2/c1-5-80(6-2)74-44-40-66(90-74)38-36-64(84)50-62-34-42-70-68(52-62)78(54-58-24-14-9-15-25-58,55-59-26-16-10-17-27-59)72(82(70)48-46-76(86)87)32-22-13-23-33-73-79(56-60-28-18-11-19-29-60,57-61-30-20-12-21-31-61)69-53-63(35-43-71(69)83(73)49-47-77(88)89)51-65(85)37-39-67-41-45-75(91-67)81(7-3)8-4/h9-45,52-53,72H,5-8,46-51,54-57H2,1-4H3,(H,86,87)(H,88,89)/b23-13+,32-22+,38-36+,39-37+,73-33+. The average Bonchev–Trinajstić information content (AvgIpc) is 1.59. The molecule has 0 saturated heterocycles. The second-order valence-electron chi connectivity index (χ2n) is 23.6. The highest BCUT2D eigenvalue weighted by molar-refractivity contribution is 7.17. The van der Waals surface area contributed by atoms with Crippen LogP contribution in [0.15, 0.2) is 230 Å². The molecule has 2 N–H and O–H groups in total. The minimum atomic E-state index is -0.902. The second kappa shape index (κ2) is 30.6. The highest BCUT2D eigenvalue weighted by Gasteiger charge is 2.50. The van der Waals surface area contributed by atoms with Crippen molar-refractivity contribution >= 4 is 79.7 Å². The third kappa shape index (κ3) is 15.7. The molecule has 4 heterocycles. The van der Waals surface area contributed by atoms with Gasteiger partial charge in [0, 0.05) is 89.8 Å². The number of carboxylic acids is 2. The monoisotopic (exact) mass is 1250 g/mol. The quantitative estimate of drug-likeness (QED) is 0.0321. The Kier molecular flexibility index (Phi) is 21.8. The van der Waals surface area contributed by atoms with Crippen molar-refractivity contribution in [2.75, 3.05) is 58.9 Å². The maximum atomic E-state index is 14.0. The normalized spacial score (nSPS) is 15.3. The molecule has 2 aliphatic rings. The molecule has 10 rings (SSSR count). The molecular formula is C79H82N4O6S2. The summed E-state index contributed by atoms with van der Waals surface area (Å²) in [7, 11) is 0. The topological polar surface area (TPSA) is 122 Å². The maximum Gasteiger partial charge on any atom is 0.305 e. The molecule has 466 valence electrons. The van der Waals surface area contributed by atoms with Crippen LogP contribution < -0.4 is 19.6 Å². The largest absolute Gasteiger partial charge is 0.481 e. The fourth-order valence-corrected chi connectivity index (χ4v) is 15.6. The number of anilines is 4. The summed E-state index contributed by atoms with van der Waals surface area (Å²) in [5, 5.41) is 23.0. The van der Waals surface area contributed by atoms with Crippen molar-refractivity contribution in [1.29, 1.82) is 0 Å². The minimum Gasteiger partial charge on any atom is -0.481 e. The van der Waals surface area contributed by atoms with Crippen molar-refractivity contribution in [2.24, 2.45) is 0 Å². The lowest BCUT2D eigenvalue weighted by molar-refractivity contribution is -0.137. The SMILES string of the molecule is CCN(CC)c1ccc(/C=C/C(=O)Cc2ccc3c(c2)C(Cc2ccccc2)(Cc2ccccc2)\C(=C/C=C/C=C/C2N(CCC(=O)O)c4ccc(CC(=O)/C=C/c5ccc(N(CC)CC)s5)cc4C2(Cc2ccccc2)Cc2ccccc2)N3CCC(=O)O)s1. The van der Waals surface area contributed by atoms with E-state index in [0.29, 0.717) is 25.7 Å². The number of benzene rings is 6. The minimum absolute atomic E-state index is 0.00709. The van der Waals surface area contributed by atoms with Gasteiger partial charge in [0.1, 0.15) is 0 Å². The number of ketones is 2. The molecule has 8 aromatic rings. The number of thiophene rings is 2. The Morgan fingerprint density at radius 3 is 1.38 bits per heavy atom. The lowest BCUT2D eigenvalue weighted by Gasteiger charge is -2.39. The van der Waals surface area contributed by atoms with E-state index in [0.717, 1.165) is 97.5 Å². The smallest absolute Gasteiger partial charge is 0.305 e. The van der Waals surface area contributed by atoms with Gasteiger partial charge in [0.25, 0.3) is 0 Å². The van der Waals surface area contributed by atoms with Crippen molar-refractivity contribution < 1.29 is 29.4 Å². The van der Waals surface area contributed by atoms with Crippen molar-refractivity contribution in [3.05, 3.63) is 284 Å². The first-order chi connectivity index (χ1) is 44.3. The fraction of sp³-hybridized carbons (Fsp3) is 0.266. The van der Waals surface area contributed by atoms with E-state index >= 15 is 0 Å². The van der Waals surface area contributed by atoms with Gasteiger partial charge in [0.05, 0.1) is 28.9 Å². The number of carbonyl (C=O) groups excluding carboxylic acids is 2. The Labute approximate surface area is 545 Å². The number of rotatable bonds is 31. The lowest BCUT2D eigenvalue weighted by Crippen LogP contribution is -2.47. The molecule has 2 aromatic heterocycles. The predicted molar refractivity (Wildman–Crippen MR) is 377 cm³/mol. The van der Waals surface area contributed by atoms with Crippen LogP contribution in [-0.2, 0) is 68.5 Å². The van der Waals surface area contributed by atoms with Crippen molar-refractivity contribution in [1.82, 2.24) is 0 Å². The summed E-state index contributed by atoms with van der Waals surface area (Å²) >= 11 is 3.35. The van der Waals surface area contributed by atoms with Gasteiger partial charge in [0.2, 0.25) is 0 Å². The van der Waals surface area contributed by atoms with E-state index in [1.165, 1.54) is 10.0 Å². The summed E-state index contributed by atoms with van der Waals surface area (Å²) in [5.41, 5.74) is 9.80. The molecule has 0 saturated carbocycles. The molecule has 1 unspecified atom stereocenters. The number of carbonyl (C=O) groups is 4. The second-order valence-corrected chi connectivity index (χ2v) is 25.8. The summed E-state index contributed by atoms with van der Waals surface area (Å²) in [6.07, 6.45) is 20.4. The van der Waals surface area contributed by atoms with Gasteiger partial charge in [-0.15, -0.1) is 22.7 Å². The zero-order valence-corrected chi connectivity index (χ0v) is 54.3. The molecule has 0 fully saturated rings. The highest BCUT2D eigenvalue weighted by Crippen LogP contribution is 2.53. The molecular weight excluding hydrogens is 1170 g/mol. The third-order valence-electron chi connectivity index (χ3n) is 17.8. The van der Waals surface area contributed by atoms with Gasteiger partial charge in [-0.2, -0.15) is 0 Å². The zero-order chi connectivity index (χ0) is 63.7. The first-order valence-electron chi connectivity index (χ1n) is 31.9. The van der Waals surface area contributed by atoms with E-state index in [1.54, 1.807) is 34.8 Å². The van der Waals surface area contributed by atoms with Gasteiger partial charge in [-0.3, -0.25) is 19.2 Å². The first-order valence-corrected chi connectivity index (χ1v) is 33.5. The van der Waals surface area contributed by atoms with E-state index in [2.05, 4.69) is 217 Å². The Balaban J connectivity index is 1.06. The molecule has 0 radical (unpaired) electrons. The lowest BCUT2D eigenvalue weighted by atomic mass is 9.67. The summed E-state index contributed by atoms with van der Waals surface area (Å²) < 4.78 is 0. The van der Waals surface area contributed by atoms with Crippen LogP contribution >= 0.6 is 22.7 Å². The summed E-state index contributed by atoms with van der Waals surface area (Å²) in [6.45, 7) is 12.7. The number of allylic oxidation sites excluding steroid dienone is 7. The number of nitrogens with zero attached hydrogens (tertiary/aromatic N) is 4. The van der Waals surface area contributed by atoms with E-state index in [-0.39, 0.29) is 56.4 Å². The van der Waals surface area contributed by atoms with E-state index in [9.17, 15) is 29.4 Å². The van der Waals surface area contributed by atoms with Crippen molar-refractivity contribution in [2.45, 2.75) is 95.9 Å². The third-order valence-corrected chi connectivity index (χ3v) is 20.0. The molecule has 0 bridgehead atoms. The number of hydrogen-bond acceptors (Lipinski definition) is 10. The average molecular weight is 1250 g/mol. The van der Waals surface area contributed by atoms with Crippen LogP contribution in [0.1, 0.15) is 94.8 Å². The zero-order valence-electron chi connectivity index (χ0n) is 52.6. The molecule has 0 aliphatic carbocycles. The van der Waals surface area contributed by atoms with Crippen LogP contribution in [-0.4, -0.2) is 79.0 Å². The van der Waals surface area contributed by atoms with Crippen LogP contribution in [0.4, 0.5) is 21.4 Å². The molecule has 0 spiro atoms. The molecule has 12 heteroatoms. The number of fused-ring (bicyclic) bond motifs is 2. The Hall–Kier alpha value is -9.10. The Morgan fingerprint density at radius 2 is 0.923 bits per heavy atom. The van der Waals surface area contributed by atoms with Gasteiger partial charge in [-0.25, -0.2) is 0 Å². The van der Waals surface area contributed by atoms with Gasteiger partial charge in [0.15, 0.2) is 11.6 Å². The van der Waals surface area contributed by atoms with Crippen LogP contribution in [0.3, 0.4) is 0 Å². The van der Waals surface area contributed by atoms with Crippen LogP contribution in [0, 0.1) is 0 Å². The summed E-state index contributed by atoms with van der Waals surface area (Å²) in [6, 6.07) is 62.4. The molecule has 0 amide bonds. The van der Waals surface area contributed by atoms with Crippen LogP contribution in [0.5, 0.6) is 0 Å². The molecule has 1 atom stereocenters. The Bertz CT molecular complexity index is 3850. The first kappa shape index (κ1) is 64.9. The summed E-state index contributed by atoms with van der Waals surface area (Å²) in [5.74, 6) is -1.81. The van der Waals surface area contributed by atoms with Gasteiger partial charge >= 0.3 is 11.9 Å². The van der Waals surface area contributed by atoms with Crippen LogP contribution in [0.2, 0.25) is 0 Å². The van der Waals surface area contributed by atoms with E-state index < -0.39 is 22.8 Å². The van der Waals surface area contributed by atoms with Crippen molar-refractivity contribution in [3.63, 3.8) is 0 Å². The van der Waals surface area contributed by atoms with Gasteiger partial charge < -0.3 is 29.8 Å². The van der Waals surface area contributed by atoms with E-state index in [1.807, 2.05) is 54.6 Å². The highest BCUT2D eigenvalue weighted by atomic mass is 32.1. The number of aliphatic carboxylic acids is 2. The van der Waals surface area contributed by atoms with Gasteiger partial charge in [-0.1, -0.05) is 170 Å². The fourth-order valence-electron chi connectivity index (χ4n) is 13.5. The van der Waals surface area contributed by atoms with E-state index in [4.69, 9.17) is 0 Å². The van der Waals surface area contributed by atoms with Crippen LogP contribution in [0.25, 0.3) is 12.2 Å². The molecule has 2 aliphatic heterocycles. The molecule has 91 heavy (non-hydrogen) atoms. The predicted octanol–water partition coefficient (Wildman–Crippen LogP) is 16.3. The Morgan fingerprint density at radius 1 is 0.484 bits per heavy atom. The molecule has 6 aromatic carbocycles. The molecule has 10 nitrogen and oxygen atoms in total. The maximum absolute atomic E-state index is 14.0. The number of carboxylic acid groups (broad SMARTS) is 2. The van der Waals surface area contributed by atoms with Crippen molar-refractivity contribution in [3.8, 4) is 0 Å².